The molecule has 128 valence electrons. The van der Waals surface area contributed by atoms with Crippen molar-refractivity contribution in [2.24, 2.45) is 0 Å². The highest BCUT2D eigenvalue weighted by Gasteiger charge is 2.20. The summed E-state index contributed by atoms with van der Waals surface area (Å²) in [5.74, 6) is -0.198. The maximum absolute atomic E-state index is 11.9. The first-order chi connectivity index (χ1) is 11.2. The molecular weight excluding hydrogens is 316 g/mol. The van der Waals surface area contributed by atoms with E-state index in [-0.39, 0.29) is 11.9 Å². The van der Waals surface area contributed by atoms with E-state index < -0.39 is 0 Å². The summed E-state index contributed by atoms with van der Waals surface area (Å²) in [4.78, 5) is 31.8. The molecule has 2 heterocycles. The monoisotopic (exact) mass is 340 g/mol. The van der Waals surface area contributed by atoms with Crippen LogP contribution in [0.4, 0.5) is 5.13 Å². The Kier molecular flexibility index (Phi) is 7.28. The molecule has 0 saturated carbocycles. The smallest absolute Gasteiger partial charge is 0.305 e. The van der Waals surface area contributed by atoms with Gasteiger partial charge < -0.3 is 15.0 Å². The molecule has 1 N–H and O–H groups in total. The number of hydrogen-bond donors (Lipinski definition) is 1. The molecule has 2 rings (SSSR count). The molecule has 1 aliphatic rings. The summed E-state index contributed by atoms with van der Waals surface area (Å²) in [7, 11) is 0. The number of hydrogen-bond acceptors (Lipinski definition) is 7. The van der Waals surface area contributed by atoms with Crippen LogP contribution in [0.15, 0.2) is 11.6 Å². The van der Waals surface area contributed by atoms with Gasteiger partial charge in [0.25, 0.3) is 0 Å². The predicted molar refractivity (Wildman–Crippen MR) is 89.6 cm³/mol. The second-order valence-corrected chi connectivity index (χ2v) is 6.21. The molecule has 1 fully saturated rings. The Morgan fingerprint density at radius 1 is 1.35 bits per heavy atom. The van der Waals surface area contributed by atoms with Gasteiger partial charge in [-0.1, -0.05) is 0 Å². The van der Waals surface area contributed by atoms with Crippen molar-refractivity contribution in [1.29, 1.82) is 0 Å². The lowest BCUT2D eigenvalue weighted by Crippen LogP contribution is -2.49. The van der Waals surface area contributed by atoms with Crippen LogP contribution in [0.3, 0.4) is 0 Å². The first-order valence-corrected chi connectivity index (χ1v) is 8.86. The summed E-state index contributed by atoms with van der Waals surface area (Å²) in [6.07, 6.45) is 2.78. The Morgan fingerprint density at radius 2 is 2.13 bits per heavy atom. The molecule has 0 aliphatic carbocycles. The predicted octanol–water partition coefficient (Wildman–Crippen LogP) is 0.725. The minimum absolute atomic E-state index is 0.0107. The number of piperazine rings is 1. The summed E-state index contributed by atoms with van der Waals surface area (Å²) in [6, 6.07) is 0. The van der Waals surface area contributed by atoms with Gasteiger partial charge in [0.1, 0.15) is 0 Å². The number of amides is 1. The van der Waals surface area contributed by atoms with Gasteiger partial charge in [-0.3, -0.25) is 14.5 Å². The molecule has 1 aliphatic heterocycles. The Balaban J connectivity index is 1.57. The fraction of sp³-hybridized carbons (Fsp3) is 0.667. The number of carbonyl (C=O) groups is 2. The number of rotatable bonds is 8. The molecule has 0 unspecified atom stereocenters. The molecule has 1 aromatic heterocycles. The van der Waals surface area contributed by atoms with Crippen LogP contribution in [-0.4, -0.2) is 67.6 Å². The quantitative estimate of drug-likeness (QED) is 0.555. The molecule has 23 heavy (non-hydrogen) atoms. The largest absolute Gasteiger partial charge is 0.466 e. The fourth-order valence-corrected chi connectivity index (χ4v) is 3.12. The SMILES string of the molecule is CCOC(=O)CCCNC(=O)CN1CCN(c2nccs2)CC1. The third-order valence-corrected chi connectivity index (χ3v) is 4.45. The zero-order valence-corrected chi connectivity index (χ0v) is 14.3. The molecule has 8 heteroatoms. The third kappa shape index (κ3) is 6.15. The van der Waals surface area contributed by atoms with Gasteiger partial charge >= 0.3 is 5.97 Å². The number of carbonyl (C=O) groups excluding carboxylic acids is 2. The van der Waals surface area contributed by atoms with Crippen molar-refractivity contribution in [2.75, 3.05) is 50.8 Å². The van der Waals surface area contributed by atoms with Crippen molar-refractivity contribution in [3.05, 3.63) is 11.6 Å². The maximum Gasteiger partial charge on any atom is 0.305 e. The van der Waals surface area contributed by atoms with E-state index in [0.717, 1.165) is 31.3 Å². The van der Waals surface area contributed by atoms with E-state index >= 15 is 0 Å². The highest BCUT2D eigenvalue weighted by atomic mass is 32.1. The average molecular weight is 340 g/mol. The van der Waals surface area contributed by atoms with Crippen LogP contribution >= 0.6 is 11.3 Å². The van der Waals surface area contributed by atoms with E-state index in [2.05, 4.69) is 20.1 Å². The minimum Gasteiger partial charge on any atom is -0.466 e. The van der Waals surface area contributed by atoms with E-state index in [1.165, 1.54) is 0 Å². The standard InChI is InChI=1S/C15H24N4O3S/c1-2-22-14(21)4-3-5-16-13(20)12-18-7-9-19(10-8-18)15-17-6-11-23-15/h6,11H,2-5,7-10,12H2,1H3,(H,16,20). The van der Waals surface area contributed by atoms with Gasteiger partial charge in [-0.15, -0.1) is 11.3 Å². The van der Waals surface area contributed by atoms with Gasteiger partial charge in [0, 0.05) is 50.7 Å². The molecule has 7 nitrogen and oxygen atoms in total. The van der Waals surface area contributed by atoms with E-state index in [1.54, 1.807) is 18.3 Å². The Labute approximate surface area is 140 Å². The Morgan fingerprint density at radius 3 is 2.78 bits per heavy atom. The van der Waals surface area contributed by atoms with Gasteiger partial charge in [0.2, 0.25) is 5.91 Å². The van der Waals surface area contributed by atoms with Crippen LogP contribution in [0.5, 0.6) is 0 Å². The maximum atomic E-state index is 11.9. The lowest BCUT2D eigenvalue weighted by atomic mass is 10.3. The van der Waals surface area contributed by atoms with Gasteiger partial charge in [-0.25, -0.2) is 4.98 Å². The number of nitrogens with zero attached hydrogens (tertiary/aromatic N) is 3. The Bertz CT molecular complexity index is 487. The van der Waals surface area contributed by atoms with Crippen LogP contribution in [0.25, 0.3) is 0 Å². The second-order valence-electron chi connectivity index (χ2n) is 5.34. The molecule has 0 radical (unpaired) electrons. The lowest BCUT2D eigenvalue weighted by Gasteiger charge is -2.34. The summed E-state index contributed by atoms with van der Waals surface area (Å²) in [6.45, 7) is 6.60. The zero-order chi connectivity index (χ0) is 16.5. The molecule has 1 aromatic rings. The summed E-state index contributed by atoms with van der Waals surface area (Å²) in [5.41, 5.74) is 0. The number of ether oxygens (including phenoxy) is 1. The van der Waals surface area contributed by atoms with Crippen LogP contribution in [0, 0.1) is 0 Å². The Hall–Kier alpha value is -1.67. The van der Waals surface area contributed by atoms with Crippen molar-refractivity contribution in [2.45, 2.75) is 19.8 Å². The first kappa shape index (κ1) is 17.7. The molecule has 1 amide bonds. The highest BCUT2D eigenvalue weighted by molar-refractivity contribution is 7.13. The van der Waals surface area contributed by atoms with Crippen molar-refractivity contribution in [3.8, 4) is 0 Å². The molecular formula is C15H24N4O3S. The van der Waals surface area contributed by atoms with Crippen LogP contribution in [0.1, 0.15) is 19.8 Å². The van der Waals surface area contributed by atoms with Crippen molar-refractivity contribution in [1.82, 2.24) is 15.2 Å². The number of aromatic nitrogens is 1. The normalized spacial score (nSPS) is 15.4. The molecule has 1 saturated heterocycles. The number of anilines is 1. The van der Waals surface area contributed by atoms with Gasteiger partial charge in [0.15, 0.2) is 5.13 Å². The first-order valence-electron chi connectivity index (χ1n) is 7.98. The molecule has 0 spiro atoms. The topological polar surface area (TPSA) is 74.8 Å². The van der Waals surface area contributed by atoms with E-state index in [1.807, 2.05) is 11.6 Å². The van der Waals surface area contributed by atoms with Crippen molar-refractivity contribution in [3.63, 3.8) is 0 Å². The second kappa shape index (κ2) is 9.46. The lowest BCUT2D eigenvalue weighted by molar-refractivity contribution is -0.143. The van der Waals surface area contributed by atoms with E-state index in [9.17, 15) is 9.59 Å². The van der Waals surface area contributed by atoms with E-state index in [4.69, 9.17) is 4.74 Å². The van der Waals surface area contributed by atoms with E-state index in [0.29, 0.717) is 32.5 Å². The molecule has 0 bridgehead atoms. The number of esters is 1. The fourth-order valence-electron chi connectivity index (χ4n) is 2.42. The van der Waals surface area contributed by atoms with Crippen LogP contribution in [-0.2, 0) is 14.3 Å². The number of nitrogens with one attached hydrogen (secondary N) is 1. The third-order valence-electron chi connectivity index (χ3n) is 3.61. The van der Waals surface area contributed by atoms with Gasteiger partial charge in [0.05, 0.1) is 13.2 Å². The van der Waals surface area contributed by atoms with Gasteiger partial charge in [-0.05, 0) is 13.3 Å². The van der Waals surface area contributed by atoms with Crippen LogP contribution < -0.4 is 10.2 Å². The van der Waals surface area contributed by atoms with Crippen molar-refractivity contribution < 1.29 is 14.3 Å². The minimum atomic E-state index is -0.208. The highest BCUT2D eigenvalue weighted by Crippen LogP contribution is 2.18. The molecule has 0 aromatic carbocycles. The summed E-state index contributed by atoms with van der Waals surface area (Å²) in [5, 5.41) is 5.88. The summed E-state index contributed by atoms with van der Waals surface area (Å²) < 4.78 is 4.84. The van der Waals surface area contributed by atoms with Crippen LogP contribution in [0.2, 0.25) is 0 Å². The zero-order valence-electron chi connectivity index (χ0n) is 13.5. The summed E-state index contributed by atoms with van der Waals surface area (Å²) >= 11 is 1.64. The average Bonchev–Trinajstić information content (AvgIpc) is 3.07. The van der Waals surface area contributed by atoms with Gasteiger partial charge in [-0.2, -0.15) is 0 Å². The van der Waals surface area contributed by atoms with Crippen molar-refractivity contribution >= 4 is 28.3 Å². The number of thiazole rings is 1. The molecule has 0 atom stereocenters.